The molecular formula is C32H37F3N6O3. The van der Waals surface area contributed by atoms with E-state index >= 15 is 0 Å². The van der Waals surface area contributed by atoms with Gasteiger partial charge in [0.1, 0.15) is 5.75 Å². The Morgan fingerprint density at radius 3 is 2.50 bits per heavy atom. The first-order chi connectivity index (χ1) is 20.9. The number of halogens is 3. The minimum atomic E-state index is -4.24. The number of carbonyl (C=O) groups excluding carboxylic acids is 1. The average molecular weight is 611 g/mol. The number of piperazine rings is 1. The second-order valence-electron chi connectivity index (χ2n) is 11.3. The van der Waals surface area contributed by atoms with Crippen LogP contribution in [0.15, 0.2) is 47.5 Å². The van der Waals surface area contributed by atoms with Crippen LogP contribution in [0.5, 0.6) is 5.75 Å². The highest BCUT2D eigenvalue weighted by Gasteiger charge is 2.34. The zero-order valence-electron chi connectivity index (χ0n) is 25.5. The molecule has 0 aromatic carbocycles. The quantitative estimate of drug-likeness (QED) is 0.298. The van der Waals surface area contributed by atoms with Crippen molar-refractivity contribution in [1.82, 2.24) is 29.5 Å². The Balaban J connectivity index is 1.53. The molecule has 1 aliphatic rings. The van der Waals surface area contributed by atoms with Gasteiger partial charge in [-0.15, -0.1) is 0 Å². The molecule has 0 saturated carbocycles. The summed E-state index contributed by atoms with van der Waals surface area (Å²) in [5, 5.41) is 2.90. The molecule has 5 rings (SSSR count). The first kappa shape index (κ1) is 31.3. The molecule has 1 unspecified atom stereocenters. The van der Waals surface area contributed by atoms with E-state index in [9.17, 15) is 22.8 Å². The lowest BCUT2D eigenvalue weighted by Crippen LogP contribution is -2.49. The van der Waals surface area contributed by atoms with Crippen molar-refractivity contribution >= 4 is 11.4 Å². The summed E-state index contributed by atoms with van der Waals surface area (Å²) in [5.41, 5.74) is 6.16. The normalized spacial score (nSPS) is 15.5. The van der Waals surface area contributed by atoms with Crippen LogP contribution in [-0.4, -0.2) is 76.1 Å². The maximum atomic E-state index is 13.8. The smallest absolute Gasteiger partial charge is 0.401 e. The fourth-order valence-corrected chi connectivity index (χ4v) is 6.15. The SMILES string of the molecule is COc1cc(C)[nH]c(=O)c1CNC(=O)c1cc2c(-c3cccnc3C)ccn2c(C(C)N2CCN(CC(F)(F)F)CC2)c1C. The van der Waals surface area contributed by atoms with E-state index in [-0.39, 0.29) is 24.1 Å². The number of hydrogen-bond donors (Lipinski definition) is 2. The summed E-state index contributed by atoms with van der Waals surface area (Å²) in [4.78, 5) is 37.2. The minimum Gasteiger partial charge on any atom is -0.496 e. The summed E-state index contributed by atoms with van der Waals surface area (Å²) in [7, 11) is 1.47. The molecule has 9 nitrogen and oxygen atoms in total. The van der Waals surface area contributed by atoms with E-state index in [2.05, 4.69) is 24.6 Å². The van der Waals surface area contributed by atoms with Gasteiger partial charge in [-0.25, -0.2) is 0 Å². The number of carbonyl (C=O) groups is 1. The molecule has 44 heavy (non-hydrogen) atoms. The highest BCUT2D eigenvalue weighted by molar-refractivity contribution is 5.98. The van der Waals surface area contributed by atoms with Crippen LogP contribution < -0.4 is 15.6 Å². The summed E-state index contributed by atoms with van der Waals surface area (Å²) < 4.78 is 46.5. The van der Waals surface area contributed by atoms with Gasteiger partial charge in [0, 0.05) is 78.4 Å². The summed E-state index contributed by atoms with van der Waals surface area (Å²) in [6, 6.07) is 9.20. The molecule has 1 fully saturated rings. The fraction of sp³-hybridized carbons (Fsp3) is 0.406. The van der Waals surface area contributed by atoms with Crippen molar-refractivity contribution < 1.29 is 22.7 Å². The van der Waals surface area contributed by atoms with Gasteiger partial charge >= 0.3 is 6.18 Å². The van der Waals surface area contributed by atoms with Crippen LogP contribution in [0.4, 0.5) is 13.2 Å². The number of nitrogens with zero attached hydrogens (tertiary/aromatic N) is 4. The number of hydrogen-bond acceptors (Lipinski definition) is 6. The van der Waals surface area contributed by atoms with Crippen molar-refractivity contribution in [3.63, 3.8) is 0 Å². The number of pyridine rings is 3. The van der Waals surface area contributed by atoms with Gasteiger partial charge in [-0.3, -0.25) is 24.4 Å². The van der Waals surface area contributed by atoms with Crippen molar-refractivity contribution in [2.45, 2.75) is 46.5 Å². The number of alkyl halides is 3. The third-order valence-corrected chi connectivity index (χ3v) is 8.42. The molecule has 1 aliphatic heterocycles. The van der Waals surface area contributed by atoms with Crippen molar-refractivity contribution in [2.24, 2.45) is 0 Å². The van der Waals surface area contributed by atoms with E-state index in [1.807, 2.05) is 51.2 Å². The number of rotatable bonds is 8. The molecule has 0 aliphatic carbocycles. The van der Waals surface area contributed by atoms with Gasteiger partial charge in [0.15, 0.2) is 0 Å². The maximum Gasteiger partial charge on any atom is 0.401 e. The standard InChI is InChI=1S/C32H37F3N6O3/c1-19-15-28(44-5)26(31(43)38-19)17-37-30(42)25-16-27-24(23-7-6-9-36-21(23)3)8-10-41(27)29(20(25)2)22(4)40-13-11-39(12-14-40)18-32(33,34)35/h6-10,15-16,22H,11-14,17-18H2,1-5H3,(H,37,42)(H,38,43). The molecule has 12 heteroatoms. The number of H-pyrrole nitrogens is 1. The molecule has 1 atom stereocenters. The van der Waals surface area contributed by atoms with E-state index in [4.69, 9.17) is 4.74 Å². The van der Waals surface area contributed by atoms with Crippen molar-refractivity contribution in [3.8, 4) is 16.9 Å². The van der Waals surface area contributed by atoms with Gasteiger partial charge in [0.2, 0.25) is 0 Å². The van der Waals surface area contributed by atoms with Crippen LogP contribution in [0.3, 0.4) is 0 Å². The minimum absolute atomic E-state index is 0.0378. The van der Waals surface area contributed by atoms with Crippen molar-refractivity contribution in [3.05, 3.63) is 86.9 Å². The highest BCUT2D eigenvalue weighted by Crippen LogP contribution is 2.35. The maximum absolute atomic E-state index is 13.8. The lowest BCUT2D eigenvalue weighted by molar-refractivity contribution is -0.149. The van der Waals surface area contributed by atoms with Crippen LogP contribution in [0.1, 0.15) is 51.5 Å². The molecular weight excluding hydrogens is 573 g/mol. The topological polar surface area (TPSA) is 95.0 Å². The number of aromatic amines is 1. The average Bonchev–Trinajstić information content (AvgIpc) is 3.38. The van der Waals surface area contributed by atoms with E-state index < -0.39 is 12.7 Å². The zero-order chi connectivity index (χ0) is 31.8. The predicted octanol–water partition coefficient (Wildman–Crippen LogP) is 4.79. The highest BCUT2D eigenvalue weighted by atomic mass is 19.4. The van der Waals surface area contributed by atoms with Crippen LogP contribution in [0.2, 0.25) is 0 Å². The first-order valence-corrected chi connectivity index (χ1v) is 14.5. The van der Waals surface area contributed by atoms with Crippen molar-refractivity contribution in [2.75, 3.05) is 39.8 Å². The molecule has 1 saturated heterocycles. The molecule has 0 spiro atoms. The van der Waals surface area contributed by atoms with Crippen LogP contribution in [0.25, 0.3) is 16.6 Å². The number of methoxy groups -OCH3 is 1. The Bertz CT molecular complexity index is 1740. The van der Waals surface area contributed by atoms with Gasteiger partial charge in [0.25, 0.3) is 11.5 Å². The molecule has 2 N–H and O–H groups in total. The largest absolute Gasteiger partial charge is 0.496 e. The van der Waals surface area contributed by atoms with Gasteiger partial charge in [0.05, 0.1) is 31.3 Å². The third kappa shape index (κ3) is 6.36. The van der Waals surface area contributed by atoms with Gasteiger partial charge in [-0.1, -0.05) is 6.07 Å². The van der Waals surface area contributed by atoms with E-state index in [1.165, 1.54) is 12.0 Å². The number of ether oxygens (including phenoxy) is 1. The molecule has 4 aromatic rings. The van der Waals surface area contributed by atoms with Crippen LogP contribution >= 0.6 is 0 Å². The number of nitrogens with one attached hydrogen (secondary N) is 2. The van der Waals surface area contributed by atoms with E-state index in [0.29, 0.717) is 48.7 Å². The summed E-state index contributed by atoms with van der Waals surface area (Å²) in [6.45, 7) is 8.14. The van der Waals surface area contributed by atoms with Crippen LogP contribution in [-0.2, 0) is 6.54 Å². The van der Waals surface area contributed by atoms with Gasteiger partial charge in [-0.05, 0) is 57.5 Å². The Kier molecular flexibility index (Phi) is 8.85. The Hall–Kier alpha value is -4.16. The van der Waals surface area contributed by atoms with Gasteiger partial charge < -0.3 is 19.4 Å². The zero-order valence-corrected chi connectivity index (χ0v) is 25.5. The molecule has 5 heterocycles. The number of aromatic nitrogens is 3. The molecule has 4 aromatic heterocycles. The lowest BCUT2D eigenvalue weighted by Gasteiger charge is -2.39. The number of amides is 1. The molecule has 1 amide bonds. The molecule has 0 bridgehead atoms. The Labute approximate surface area is 253 Å². The Morgan fingerprint density at radius 2 is 1.84 bits per heavy atom. The summed E-state index contributed by atoms with van der Waals surface area (Å²) >= 11 is 0. The third-order valence-electron chi connectivity index (χ3n) is 8.42. The van der Waals surface area contributed by atoms with E-state index in [0.717, 1.165) is 33.6 Å². The van der Waals surface area contributed by atoms with Crippen LogP contribution in [0, 0.1) is 20.8 Å². The lowest BCUT2D eigenvalue weighted by atomic mass is 9.98. The number of aryl methyl sites for hydroxylation is 2. The first-order valence-electron chi connectivity index (χ1n) is 14.5. The summed E-state index contributed by atoms with van der Waals surface area (Å²) in [5.74, 6) is 0.0316. The second-order valence-corrected chi connectivity index (χ2v) is 11.3. The monoisotopic (exact) mass is 610 g/mol. The van der Waals surface area contributed by atoms with E-state index in [1.54, 1.807) is 19.2 Å². The molecule has 234 valence electrons. The van der Waals surface area contributed by atoms with Gasteiger partial charge in [-0.2, -0.15) is 13.2 Å². The van der Waals surface area contributed by atoms with Crippen molar-refractivity contribution in [1.29, 1.82) is 0 Å². The number of fused-ring (bicyclic) bond motifs is 1. The predicted molar refractivity (Wildman–Crippen MR) is 162 cm³/mol. The second kappa shape index (κ2) is 12.4. The molecule has 0 radical (unpaired) electrons. The summed E-state index contributed by atoms with van der Waals surface area (Å²) in [6.07, 6.45) is -0.543. The Morgan fingerprint density at radius 1 is 1.11 bits per heavy atom. The fourth-order valence-electron chi connectivity index (χ4n) is 6.15.